The van der Waals surface area contributed by atoms with E-state index in [1.807, 2.05) is 32.0 Å². The molecule has 146 valence electrons. The van der Waals surface area contributed by atoms with E-state index in [4.69, 9.17) is 0 Å². The molecule has 0 spiro atoms. The lowest BCUT2D eigenvalue weighted by molar-refractivity contribution is -0.131. The molecular weight excluding hydrogens is 357 g/mol. The molecule has 2 aromatic rings. The molecule has 0 fully saturated rings. The average Bonchev–Trinajstić information content (AvgIpc) is 2.87. The molecule has 0 aliphatic carbocycles. The van der Waals surface area contributed by atoms with Crippen LogP contribution in [0.1, 0.15) is 37.5 Å². The Hall–Kier alpha value is -3.02. The fourth-order valence-electron chi connectivity index (χ4n) is 3.34. The Labute approximate surface area is 164 Å². The van der Waals surface area contributed by atoms with Crippen molar-refractivity contribution in [2.75, 3.05) is 11.9 Å². The number of carbonyl (C=O) groups excluding carboxylic acids is 2. The van der Waals surface area contributed by atoms with Gasteiger partial charge in [-0.2, -0.15) is 0 Å². The van der Waals surface area contributed by atoms with Crippen LogP contribution in [0.25, 0.3) is 0 Å². The molecule has 2 amide bonds. The van der Waals surface area contributed by atoms with Crippen LogP contribution >= 0.6 is 0 Å². The highest BCUT2D eigenvalue weighted by Gasteiger charge is 2.41. The second-order valence-electron chi connectivity index (χ2n) is 7.36. The van der Waals surface area contributed by atoms with Crippen LogP contribution in [0.5, 0.6) is 0 Å². The largest absolute Gasteiger partial charge is 0.324 e. The van der Waals surface area contributed by atoms with Crippen LogP contribution in [0, 0.1) is 12.7 Å². The van der Waals surface area contributed by atoms with E-state index >= 15 is 0 Å². The number of amides is 2. The van der Waals surface area contributed by atoms with Crippen LogP contribution in [0.4, 0.5) is 10.1 Å². The van der Waals surface area contributed by atoms with Gasteiger partial charge in [-0.1, -0.05) is 25.1 Å². The van der Waals surface area contributed by atoms with Crippen LogP contribution in [0.2, 0.25) is 0 Å². The predicted molar refractivity (Wildman–Crippen MR) is 108 cm³/mol. The first-order valence-electron chi connectivity index (χ1n) is 9.29. The third-order valence-corrected chi connectivity index (χ3v) is 4.92. The van der Waals surface area contributed by atoms with Crippen LogP contribution < -0.4 is 5.32 Å². The summed E-state index contributed by atoms with van der Waals surface area (Å²) in [6.07, 6.45) is 0.795. The highest BCUT2D eigenvalue weighted by Crippen LogP contribution is 2.27. The number of nitrogens with zero attached hydrogens (tertiary/aromatic N) is 2. The summed E-state index contributed by atoms with van der Waals surface area (Å²) in [4.78, 5) is 31.5. The highest BCUT2D eigenvalue weighted by molar-refractivity contribution is 6.47. The molecular formula is C22H24FN3O2. The Morgan fingerprint density at radius 1 is 1.18 bits per heavy atom. The fourth-order valence-corrected chi connectivity index (χ4v) is 3.34. The molecule has 5 nitrogen and oxygen atoms in total. The predicted octanol–water partition coefficient (Wildman–Crippen LogP) is 3.70. The van der Waals surface area contributed by atoms with E-state index in [0.717, 1.165) is 23.2 Å². The third kappa shape index (κ3) is 3.81. The number of rotatable bonds is 5. The van der Waals surface area contributed by atoms with Gasteiger partial charge in [0.15, 0.2) is 0 Å². The Kier molecular flexibility index (Phi) is 5.31. The molecule has 0 radical (unpaired) electrons. The summed E-state index contributed by atoms with van der Waals surface area (Å²) in [5.74, 6) is -0.997. The van der Waals surface area contributed by atoms with Gasteiger partial charge in [0.05, 0.1) is 0 Å². The van der Waals surface area contributed by atoms with Crippen molar-refractivity contribution in [2.24, 2.45) is 4.99 Å². The fraction of sp³-hybridized carbons (Fsp3) is 0.318. The minimum absolute atomic E-state index is 0.114. The molecule has 28 heavy (non-hydrogen) atoms. The Morgan fingerprint density at radius 3 is 2.50 bits per heavy atom. The number of nitrogens with one attached hydrogen (secondary N) is 1. The van der Waals surface area contributed by atoms with E-state index in [1.54, 1.807) is 13.8 Å². The van der Waals surface area contributed by atoms with Crippen molar-refractivity contribution >= 4 is 23.2 Å². The number of halogens is 1. The van der Waals surface area contributed by atoms with Crippen LogP contribution in [-0.4, -0.2) is 34.6 Å². The zero-order valence-electron chi connectivity index (χ0n) is 16.5. The maximum Gasteiger partial charge on any atom is 0.275 e. The van der Waals surface area contributed by atoms with E-state index in [9.17, 15) is 14.0 Å². The number of aliphatic imine (C=N–C) groups is 1. The Bertz CT molecular complexity index is 949. The number of anilines is 1. The second kappa shape index (κ2) is 7.54. The van der Waals surface area contributed by atoms with Crippen molar-refractivity contribution in [3.05, 3.63) is 65.0 Å². The first-order chi connectivity index (χ1) is 13.2. The average molecular weight is 381 g/mol. The van der Waals surface area contributed by atoms with Gasteiger partial charge in [0.1, 0.15) is 23.7 Å². The van der Waals surface area contributed by atoms with E-state index in [1.165, 1.54) is 29.2 Å². The van der Waals surface area contributed by atoms with Crippen LogP contribution in [0.15, 0.2) is 47.5 Å². The number of hydrogen-bond acceptors (Lipinski definition) is 3. The molecule has 0 atom stereocenters. The molecule has 3 rings (SSSR count). The summed E-state index contributed by atoms with van der Waals surface area (Å²) in [5.41, 5.74) is 2.72. The smallest absolute Gasteiger partial charge is 0.275 e. The number of benzene rings is 2. The van der Waals surface area contributed by atoms with Gasteiger partial charge in [-0.15, -0.1) is 0 Å². The molecule has 0 aromatic heterocycles. The zero-order chi connectivity index (χ0) is 20.5. The normalized spacial score (nSPS) is 15.5. The first kappa shape index (κ1) is 19.7. The quantitative estimate of drug-likeness (QED) is 0.858. The Balaban J connectivity index is 1.79. The van der Waals surface area contributed by atoms with Crippen LogP contribution in [-0.2, 0) is 16.0 Å². The van der Waals surface area contributed by atoms with Gasteiger partial charge in [0.2, 0.25) is 5.91 Å². The van der Waals surface area contributed by atoms with Crippen LogP contribution in [0.3, 0.4) is 0 Å². The molecule has 1 N–H and O–H groups in total. The number of carbonyl (C=O) groups is 2. The van der Waals surface area contributed by atoms with E-state index in [-0.39, 0.29) is 29.9 Å². The van der Waals surface area contributed by atoms with Crippen molar-refractivity contribution in [3.8, 4) is 0 Å². The lowest BCUT2D eigenvalue weighted by atomic mass is 10.1. The van der Waals surface area contributed by atoms with E-state index in [0.29, 0.717) is 5.56 Å². The van der Waals surface area contributed by atoms with Crippen molar-refractivity contribution in [3.63, 3.8) is 0 Å². The third-order valence-electron chi connectivity index (χ3n) is 4.92. The van der Waals surface area contributed by atoms with Gasteiger partial charge in [-0.05, 0) is 62.6 Å². The molecule has 6 heteroatoms. The van der Waals surface area contributed by atoms with Crippen molar-refractivity contribution in [1.82, 2.24) is 4.90 Å². The second-order valence-corrected chi connectivity index (χ2v) is 7.36. The summed E-state index contributed by atoms with van der Waals surface area (Å²) in [6, 6.07) is 11.5. The van der Waals surface area contributed by atoms with E-state index in [2.05, 4.69) is 10.3 Å². The molecule has 0 bridgehead atoms. The molecule has 2 aromatic carbocycles. The Morgan fingerprint density at radius 2 is 1.86 bits per heavy atom. The molecule has 1 aliphatic rings. The summed E-state index contributed by atoms with van der Waals surface area (Å²) < 4.78 is 13.2. The standard InChI is InChI=1S/C22H24FN3O2/c1-5-15-8-6-7-14(2)19(15)24-18(27)13-26-21(28)20(25-22(26,3)4)16-9-11-17(23)12-10-16/h6-12H,5,13H2,1-4H3,(H,24,27). The number of hydrogen-bond donors (Lipinski definition) is 1. The van der Waals surface area contributed by atoms with Crippen molar-refractivity contribution in [2.45, 2.75) is 39.8 Å². The van der Waals surface area contributed by atoms with Gasteiger partial charge in [0, 0.05) is 11.3 Å². The molecule has 0 saturated carbocycles. The first-order valence-corrected chi connectivity index (χ1v) is 9.29. The minimum atomic E-state index is -0.864. The van der Waals surface area contributed by atoms with Gasteiger partial charge in [-0.25, -0.2) is 4.39 Å². The van der Waals surface area contributed by atoms with Gasteiger partial charge < -0.3 is 10.2 Å². The maximum atomic E-state index is 13.2. The monoisotopic (exact) mass is 381 g/mol. The molecule has 1 heterocycles. The summed E-state index contributed by atoms with van der Waals surface area (Å²) in [6.45, 7) is 7.41. The molecule has 1 aliphatic heterocycles. The summed E-state index contributed by atoms with van der Waals surface area (Å²) in [5, 5.41) is 2.94. The topological polar surface area (TPSA) is 61.8 Å². The van der Waals surface area contributed by atoms with Gasteiger partial charge >= 0.3 is 0 Å². The molecule has 0 saturated heterocycles. The van der Waals surface area contributed by atoms with Crippen molar-refractivity contribution < 1.29 is 14.0 Å². The van der Waals surface area contributed by atoms with Gasteiger partial charge in [-0.3, -0.25) is 14.6 Å². The van der Waals surface area contributed by atoms with Crippen molar-refractivity contribution in [1.29, 1.82) is 0 Å². The highest BCUT2D eigenvalue weighted by atomic mass is 19.1. The minimum Gasteiger partial charge on any atom is -0.324 e. The SMILES string of the molecule is CCc1cccc(C)c1NC(=O)CN1C(=O)C(c2ccc(F)cc2)=NC1(C)C. The number of aryl methyl sites for hydroxylation is 2. The lowest BCUT2D eigenvalue weighted by Gasteiger charge is -2.29. The summed E-state index contributed by atoms with van der Waals surface area (Å²) in [7, 11) is 0. The van der Waals surface area contributed by atoms with Gasteiger partial charge in [0.25, 0.3) is 5.91 Å². The zero-order valence-corrected chi connectivity index (χ0v) is 16.5. The maximum absolute atomic E-state index is 13.2. The number of para-hydroxylation sites is 1. The lowest BCUT2D eigenvalue weighted by Crippen LogP contribution is -2.47. The van der Waals surface area contributed by atoms with E-state index < -0.39 is 5.66 Å². The molecule has 0 unspecified atom stereocenters. The summed E-state index contributed by atoms with van der Waals surface area (Å²) >= 11 is 0.